The van der Waals surface area contributed by atoms with Crippen LogP contribution in [0.5, 0.6) is 5.75 Å². The number of amides is 2. The molecule has 1 N–H and O–H groups in total. The van der Waals surface area contributed by atoms with Crippen molar-refractivity contribution in [1.82, 2.24) is 14.8 Å². The zero-order chi connectivity index (χ0) is 27.0. The standard InChI is InChI=1S/C30H36N4O4S/c1-37-26-21-24(12-13-25(26)32-39-27-11-5-9-23-10-6-15-31-28(23)27)29(35)33-16-18-34(19-17-33)30(36)38-20-14-22-7-3-2-4-8-22/h5-6,9-13,15,21-22,32H,2-4,7-8,14,16-20H2,1H3. The molecule has 1 saturated carbocycles. The van der Waals surface area contributed by atoms with Crippen LogP contribution in [0.25, 0.3) is 10.9 Å². The lowest BCUT2D eigenvalue weighted by atomic mass is 9.87. The van der Waals surface area contributed by atoms with Gasteiger partial charge in [0, 0.05) is 43.3 Å². The van der Waals surface area contributed by atoms with Crippen LogP contribution in [0.2, 0.25) is 0 Å². The number of nitrogens with zero attached hydrogens (tertiary/aromatic N) is 3. The molecule has 2 fully saturated rings. The van der Waals surface area contributed by atoms with Gasteiger partial charge in [-0.2, -0.15) is 0 Å². The minimum absolute atomic E-state index is 0.0731. The molecule has 5 rings (SSSR count). The maximum atomic E-state index is 13.2. The molecular weight excluding hydrogens is 512 g/mol. The van der Waals surface area contributed by atoms with E-state index >= 15 is 0 Å². The quantitative estimate of drug-likeness (QED) is 0.334. The lowest BCUT2D eigenvalue weighted by Gasteiger charge is -2.34. The first kappa shape index (κ1) is 27.1. The number of hydrogen-bond acceptors (Lipinski definition) is 7. The fourth-order valence-corrected chi connectivity index (χ4v) is 6.13. The van der Waals surface area contributed by atoms with Crippen molar-refractivity contribution >= 4 is 40.5 Å². The third kappa shape index (κ3) is 6.76. The molecule has 0 unspecified atom stereocenters. The number of carbonyl (C=O) groups is 2. The molecule has 3 aromatic rings. The van der Waals surface area contributed by atoms with E-state index < -0.39 is 0 Å². The number of anilines is 1. The molecule has 9 heteroatoms. The van der Waals surface area contributed by atoms with Crippen LogP contribution in [-0.2, 0) is 4.74 Å². The fourth-order valence-electron chi connectivity index (χ4n) is 5.33. The summed E-state index contributed by atoms with van der Waals surface area (Å²) in [5.74, 6) is 1.20. The second-order valence-corrected chi connectivity index (χ2v) is 11.0. The zero-order valence-electron chi connectivity index (χ0n) is 22.4. The van der Waals surface area contributed by atoms with Crippen molar-refractivity contribution in [3.63, 3.8) is 0 Å². The number of pyridine rings is 1. The highest BCUT2D eigenvalue weighted by Gasteiger charge is 2.26. The van der Waals surface area contributed by atoms with Crippen LogP contribution in [0.15, 0.2) is 59.6 Å². The number of benzene rings is 2. The first-order chi connectivity index (χ1) is 19.1. The SMILES string of the molecule is COc1cc(C(=O)N2CCN(C(=O)OCCC3CCCCC3)CC2)ccc1NSc1cccc2cccnc12. The molecule has 2 heterocycles. The topological polar surface area (TPSA) is 84.0 Å². The molecule has 0 spiro atoms. The van der Waals surface area contributed by atoms with Crippen molar-refractivity contribution in [3.8, 4) is 5.75 Å². The van der Waals surface area contributed by atoms with Crippen LogP contribution < -0.4 is 9.46 Å². The number of fused-ring (bicyclic) bond motifs is 1. The predicted octanol–water partition coefficient (Wildman–Crippen LogP) is 6.23. The van der Waals surface area contributed by atoms with E-state index in [1.807, 2.05) is 36.4 Å². The minimum atomic E-state index is -0.270. The number of para-hydroxylation sites is 1. The molecule has 1 saturated heterocycles. The lowest BCUT2D eigenvalue weighted by Crippen LogP contribution is -2.50. The number of methoxy groups -OCH3 is 1. The van der Waals surface area contributed by atoms with E-state index in [9.17, 15) is 9.59 Å². The highest BCUT2D eigenvalue weighted by molar-refractivity contribution is 8.00. The average molecular weight is 549 g/mol. The third-order valence-electron chi connectivity index (χ3n) is 7.62. The summed E-state index contributed by atoms with van der Waals surface area (Å²) in [6, 6.07) is 15.4. The third-order valence-corrected chi connectivity index (χ3v) is 8.49. The van der Waals surface area contributed by atoms with Gasteiger partial charge in [0.15, 0.2) is 0 Å². The van der Waals surface area contributed by atoms with Crippen LogP contribution >= 0.6 is 11.9 Å². The van der Waals surface area contributed by atoms with Crippen molar-refractivity contribution < 1.29 is 19.1 Å². The van der Waals surface area contributed by atoms with Gasteiger partial charge in [0.25, 0.3) is 5.91 Å². The summed E-state index contributed by atoms with van der Waals surface area (Å²) in [6.45, 7) is 2.38. The summed E-state index contributed by atoms with van der Waals surface area (Å²) >= 11 is 1.45. The molecule has 1 aliphatic heterocycles. The van der Waals surface area contributed by atoms with E-state index in [2.05, 4.69) is 9.71 Å². The molecule has 2 aliphatic rings. The van der Waals surface area contributed by atoms with Crippen LogP contribution in [0.4, 0.5) is 10.5 Å². The Kier molecular flexibility index (Phi) is 9.08. The second kappa shape index (κ2) is 13.1. The normalized spacial score (nSPS) is 16.2. The molecule has 1 aromatic heterocycles. The van der Waals surface area contributed by atoms with Crippen LogP contribution in [0.3, 0.4) is 0 Å². The van der Waals surface area contributed by atoms with E-state index in [0.717, 1.165) is 27.9 Å². The number of aromatic nitrogens is 1. The number of hydrogen-bond donors (Lipinski definition) is 1. The van der Waals surface area contributed by atoms with Crippen LogP contribution in [0.1, 0.15) is 48.9 Å². The Balaban J connectivity index is 1.13. The van der Waals surface area contributed by atoms with E-state index in [1.54, 1.807) is 35.2 Å². The van der Waals surface area contributed by atoms with E-state index in [0.29, 0.717) is 50.0 Å². The molecule has 8 nitrogen and oxygen atoms in total. The molecule has 1 aliphatic carbocycles. The summed E-state index contributed by atoms with van der Waals surface area (Å²) in [4.78, 5) is 34.7. The van der Waals surface area contributed by atoms with E-state index in [1.165, 1.54) is 44.1 Å². The van der Waals surface area contributed by atoms with Gasteiger partial charge in [-0.3, -0.25) is 9.78 Å². The van der Waals surface area contributed by atoms with Gasteiger partial charge in [-0.15, -0.1) is 0 Å². The first-order valence-corrected chi connectivity index (χ1v) is 14.6. The number of ether oxygens (including phenoxy) is 2. The van der Waals surface area contributed by atoms with Gasteiger partial charge in [-0.25, -0.2) is 4.79 Å². The van der Waals surface area contributed by atoms with Crippen molar-refractivity contribution in [1.29, 1.82) is 0 Å². The summed E-state index contributed by atoms with van der Waals surface area (Å²) < 4.78 is 14.5. The molecule has 2 amide bonds. The molecule has 0 bridgehead atoms. The highest BCUT2D eigenvalue weighted by atomic mass is 32.2. The summed E-state index contributed by atoms with van der Waals surface area (Å²) in [5, 5.41) is 1.07. The van der Waals surface area contributed by atoms with Crippen molar-refractivity contribution in [2.75, 3.05) is 44.6 Å². The van der Waals surface area contributed by atoms with Crippen molar-refractivity contribution in [2.45, 2.75) is 43.4 Å². The van der Waals surface area contributed by atoms with Gasteiger partial charge in [-0.1, -0.05) is 50.3 Å². The maximum Gasteiger partial charge on any atom is 0.409 e. The second-order valence-electron chi connectivity index (χ2n) is 10.1. The number of nitrogens with one attached hydrogen (secondary N) is 1. The number of piperazine rings is 1. The van der Waals surface area contributed by atoms with E-state index in [-0.39, 0.29) is 12.0 Å². The lowest BCUT2D eigenvalue weighted by molar-refractivity contribution is 0.0543. The van der Waals surface area contributed by atoms with Gasteiger partial charge in [0.1, 0.15) is 5.75 Å². The Morgan fingerprint density at radius 1 is 1.00 bits per heavy atom. The Hall–Kier alpha value is -3.46. The monoisotopic (exact) mass is 548 g/mol. The van der Waals surface area contributed by atoms with Crippen molar-refractivity contribution in [3.05, 3.63) is 60.3 Å². The Morgan fingerprint density at radius 3 is 2.56 bits per heavy atom. The Bertz CT molecular complexity index is 1280. The molecule has 206 valence electrons. The minimum Gasteiger partial charge on any atom is -0.495 e. The Labute approximate surface area is 234 Å². The first-order valence-electron chi connectivity index (χ1n) is 13.8. The van der Waals surface area contributed by atoms with E-state index in [4.69, 9.17) is 9.47 Å². The van der Waals surface area contributed by atoms with Gasteiger partial charge >= 0.3 is 6.09 Å². The number of rotatable bonds is 8. The van der Waals surface area contributed by atoms with Crippen LogP contribution in [0, 0.1) is 5.92 Å². The molecular formula is C30H36N4O4S. The molecule has 0 radical (unpaired) electrons. The summed E-state index contributed by atoms with van der Waals surface area (Å²) in [7, 11) is 1.59. The number of carbonyl (C=O) groups excluding carboxylic acids is 2. The van der Waals surface area contributed by atoms with Gasteiger partial charge < -0.3 is 24.0 Å². The smallest absolute Gasteiger partial charge is 0.409 e. The largest absolute Gasteiger partial charge is 0.495 e. The van der Waals surface area contributed by atoms with Gasteiger partial charge in [0.05, 0.1) is 29.8 Å². The highest BCUT2D eigenvalue weighted by Crippen LogP contribution is 2.33. The van der Waals surface area contributed by atoms with Gasteiger partial charge in [-0.05, 0) is 54.6 Å². The fraction of sp³-hybridized carbons (Fsp3) is 0.433. The van der Waals surface area contributed by atoms with Crippen LogP contribution in [-0.4, -0.2) is 66.7 Å². The molecule has 0 atom stereocenters. The predicted molar refractivity (Wildman–Crippen MR) is 154 cm³/mol. The molecule has 2 aromatic carbocycles. The average Bonchev–Trinajstić information content (AvgIpc) is 3.00. The summed E-state index contributed by atoms with van der Waals surface area (Å²) in [5.41, 5.74) is 2.25. The van der Waals surface area contributed by atoms with Crippen molar-refractivity contribution in [2.24, 2.45) is 5.92 Å². The Morgan fingerprint density at radius 2 is 1.77 bits per heavy atom. The van der Waals surface area contributed by atoms with Gasteiger partial charge in [0.2, 0.25) is 0 Å². The summed E-state index contributed by atoms with van der Waals surface area (Å²) in [6.07, 6.45) is 8.89. The maximum absolute atomic E-state index is 13.2. The zero-order valence-corrected chi connectivity index (χ0v) is 23.3. The molecule has 39 heavy (non-hydrogen) atoms.